The number of aliphatic hydroxyl groups is 1. The molecular formula is C22H22F3N5O5S2. The number of hydrogen-bond donors (Lipinski definition) is 3. The van der Waals surface area contributed by atoms with Gasteiger partial charge in [0.2, 0.25) is 10.0 Å². The Morgan fingerprint density at radius 2 is 1.70 bits per heavy atom. The Morgan fingerprint density at radius 1 is 1.00 bits per heavy atom. The summed E-state index contributed by atoms with van der Waals surface area (Å²) in [5.74, 6) is 0.130. The number of aromatic nitrogens is 2. The SMILES string of the molecule is NS(=O)(=O)c1cc(-c2ccc(S(=O)(=O)N3CC[C@@H](Nc4ccc(C(F)(F)F)cn4)[C@@H](O)C3)cc2)ccn1. The first-order valence-electron chi connectivity index (χ1n) is 10.8. The second kappa shape index (κ2) is 9.98. The van der Waals surface area contributed by atoms with Crippen molar-refractivity contribution in [1.29, 1.82) is 0 Å². The van der Waals surface area contributed by atoms with E-state index in [9.17, 15) is 35.1 Å². The van der Waals surface area contributed by atoms with Crippen molar-refractivity contribution >= 4 is 25.9 Å². The molecule has 0 spiro atoms. The number of piperidine rings is 1. The van der Waals surface area contributed by atoms with E-state index < -0.39 is 43.9 Å². The number of alkyl halides is 3. The summed E-state index contributed by atoms with van der Waals surface area (Å²) in [6.07, 6.45) is -3.51. The highest BCUT2D eigenvalue weighted by molar-refractivity contribution is 7.89. The summed E-state index contributed by atoms with van der Waals surface area (Å²) >= 11 is 0. The second-order valence-electron chi connectivity index (χ2n) is 8.35. The van der Waals surface area contributed by atoms with E-state index in [0.29, 0.717) is 17.3 Å². The van der Waals surface area contributed by atoms with Crippen LogP contribution in [0.5, 0.6) is 0 Å². The number of hydrogen-bond acceptors (Lipinski definition) is 8. The first kappa shape index (κ1) is 26.9. The topological polar surface area (TPSA) is 156 Å². The molecule has 1 fully saturated rings. The number of nitrogens with two attached hydrogens (primary N) is 1. The molecule has 198 valence electrons. The third-order valence-electron chi connectivity index (χ3n) is 5.82. The maximum atomic E-state index is 13.1. The van der Waals surface area contributed by atoms with Crippen molar-refractivity contribution in [3.05, 3.63) is 66.5 Å². The minimum atomic E-state index is -4.52. The maximum absolute atomic E-state index is 13.1. The number of pyridine rings is 2. The van der Waals surface area contributed by atoms with Crippen LogP contribution in [-0.4, -0.2) is 61.5 Å². The Kier molecular flexibility index (Phi) is 7.27. The van der Waals surface area contributed by atoms with E-state index in [0.717, 1.165) is 16.4 Å². The zero-order valence-corrected chi connectivity index (χ0v) is 20.6. The molecule has 0 amide bonds. The number of anilines is 1. The van der Waals surface area contributed by atoms with Crippen LogP contribution in [0.15, 0.2) is 70.8 Å². The van der Waals surface area contributed by atoms with Crippen LogP contribution in [0.3, 0.4) is 0 Å². The number of rotatable bonds is 6. The Balaban J connectivity index is 1.44. The monoisotopic (exact) mass is 557 g/mol. The summed E-state index contributed by atoms with van der Waals surface area (Å²) in [6.45, 7) is -0.175. The quantitative estimate of drug-likeness (QED) is 0.416. The van der Waals surface area contributed by atoms with E-state index in [1.165, 1.54) is 36.5 Å². The van der Waals surface area contributed by atoms with Crippen molar-refractivity contribution in [2.24, 2.45) is 5.14 Å². The van der Waals surface area contributed by atoms with Gasteiger partial charge in [-0.05, 0) is 53.9 Å². The Labute approximate surface area is 211 Å². The summed E-state index contributed by atoms with van der Waals surface area (Å²) in [5.41, 5.74) is 0.111. The van der Waals surface area contributed by atoms with Crippen LogP contribution in [-0.2, 0) is 26.2 Å². The maximum Gasteiger partial charge on any atom is 0.417 e. The molecule has 37 heavy (non-hydrogen) atoms. The fraction of sp³-hybridized carbons (Fsp3) is 0.273. The third-order valence-corrected chi connectivity index (χ3v) is 8.51. The van der Waals surface area contributed by atoms with Crippen LogP contribution in [0.2, 0.25) is 0 Å². The molecule has 1 saturated heterocycles. The van der Waals surface area contributed by atoms with Gasteiger partial charge in [0.05, 0.1) is 22.6 Å². The molecule has 1 aliphatic heterocycles. The smallest absolute Gasteiger partial charge is 0.390 e. The Bertz CT molecular complexity index is 1480. The Hall–Kier alpha value is -3.11. The second-order valence-corrected chi connectivity index (χ2v) is 11.8. The number of nitrogens with one attached hydrogen (secondary N) is 1. The van der Waals surface area contributed by atoms with Gasteiger partial charge in [-0.1, -0.05) is 12.1 Å². The van der Waals surface area contributed by atoms with Gasteiger partial charge in [0, 0.05) is 25.5 Å². The molecule has 4 N–H and O–H groups in total. The van der Waals surface area contributed by atoms with Crippen molar-refractivity contribution in [3.63, 3.8) is 0 Å². The molecule has 1 aromatic carbocycles. The molecule has 2 atom stereocenters. The van der Waals surface area contributed by atoms with Gasteiger partial charge in [0.1, 0.15) is 5.82 Å². The van der Waals surface area contributed by atoms with Gasteiger partial charge < -0.3 is 10.4 Å². The fourth-order valence-corrected chi connectivity index (χ4v) is 5.81. The number of benzene rings is 1. The van der Waals surface area contributed by atoms with Crippen molar-refractivity contribution in [1.82, 2.24) is 14.3 Å². The van der Waals surface area contributed by atoms with Crippen molar-refractivity contribution in [2.45, 2.75) is 34.7 Å². The molecule has 2 aromatic heterocycles. The van der Waals surface area contributed by atoms with Gasteiger partial charge in [-0.15, -0.1) is 0 Å². The summed E-state index contributed by atoms with van der Waals surface area (Å²) in [7, 11) is -7.98. The normalized spacial score (nSPS) is 19.5. The predicted octanol–water partition coefficient (Wildman–Crippen LogP) is 2.05. The molecule has 0 unspecified atom stereocenters. The first-order chi connectivity index (χ1) is 17.2. The highest BCUT2D eigenvalue weighted by atomic mass is 32.2. The minimum absolute atomic E-state index is 0.0278. The number of sulfonamides is 2. The minimum Gasteiger partial charge on any atom is -0.390 e. The molecule has 0 bridgehead atoms. The lowest BCUT2D eigenvalue weighted by Gasteiger charge is -2.35. The van der Waals surface area contributed by atoms with Crippen LogP contribution in [0, 0.1) is 0 Å². The number of nitrogens with zero attached hydrogens (tertiary/aromatic N) is 3. The zero-order valence-electron chi connectivity index (χ0n) is 19.0. The highest BCUT2D eigenvalue weighted by Crippen LogP contribution is 2.30. The van der Waals surface area contributed by atoms with Gasteiger partial charge in [-0.2, -0.15) is 17.5 Å². The van der Waals surface area contributed by atoms with E-state index in [-0.39, 0.29) is 35.2 Å². The van der Waals surface area contributed by atoms with E-state index in [2.05, 4.69) is 15.3 Å². The van der Waals surface area contributed by atoms with Crippen molar-refractivity contribution < 1.29 is 35.1 Å². The molecule has 0 aliphatic carbocycles. The lowest BCUT2D eigenvalue weighted by atomic mass is 10.0. The van der Waals surface area contributed by atoms with Gasteiger partial charge in [0.25, 0.3) is 10.0 Å². The zero-order chi connectivity index (χ0) is 27.0. The third kappa shape index (κ3) is 6.07. The summed E-state index contributed by atoms with van der Waals surface area (Å²) in [5, 5.41) is 18.2. The molecular weight excluding hydrogens is 535 g/mol. The number of β-amino-alcohol motifs (C(OH)–C–C–N with tert-alkyl or cyclic N) is 1. The van der Waals surface area contributed by atoms with Crippen LogP contribution < -0.4 is 10.5 Å². The standard InChI is InChI=1S/C22H22F3N5O5S2/c23-22(24,25)16-3-6-20(28-12-16)29-18-8-10-30(13-19(18)31)37(34,35)17-4-1-14(2-5-17)15-7-9-27-21(11-15)36(26,32)33/h1-7,9,11-12,18-19,31H,8,10,13H2,(H,28,29)(H2,26,32,33)/t18-,19+/m1/s1. The first-order valence-corrected chi connectivity index (χ1v) is 13.8. The molecule has 0 saturated carbocycles. The van der Waals surface area contributed by atoms with Crippen LogP contribution >= 0.6 is 0 Å². The summed E-state index contributed by atoms with van der Waals surface area (Å²) in [4.78, 5) is 7.41. The molecule has 3 aromatic rings. The van der Waals surface area contributed by atoms with Gasteiger partial charge >= 0.3 is 6.18 Å². The predicted molar refractivity (Wildman–Crippen MR) is 127 cm³/mol. The molecule has 15 heteroatoms. The summed E-state index contributed by atoms with van der Waals surface area (Å²) in [6, 6.07) is 9.98. The largest absolute Gasteiger partial charge is 0.417 e. The lowest BCUT2D eigenvalue weighted by Crippen LogP contribution is -2.51. The molecule has 3 heterocycles. The van der Waals surface area contributed by atoms with Gasteiger partial charge in [-0.25, -0.2) is 31.9 Å². The van der Waals surface area contributed by atoms with Gasteiger partial charge in [0.15, 0.2) is 5.03 Å². The van der Waals surface area contributed by atoms with Crippen molar-refractivity contribution in [2.75, 3.05) is 18.4 Å². The highest BCUT2D eigenvalue weighted by Gasteiger charge is 2.35. The number of aliphatic hydroxyl groups excluding tert-OH is 1. The van der Waals surface area contributed by atoms with E-state index in [1.54, 1.807) is 6.07 Å². The van der Waals surface area contributed by atoms with E-state index >= 15 is 0 Å². The van der Waals surface area contributed by atoms with Crippen LogP contribution in [0.4, 0.5) is 19.0 Å². The molecule has 1 aliphatic rings. The van der Waals surface area contributed by atoms with Crippen molar-refractivity contribution in [3.8, 4) is 11.1 Å². The van der Waals surface area contributed by atoms with E-state index in [4.69, 9.17) is 5.14 Å². The van der Waals surface area contributed by atoms with Crippen LogP contribution in [0.25, 0.3) is 11.1 Å². The average molecular weight is 558 g/mol. The van der Waals surface area contributed by atoms with Gasteiger partial charge in [-0.3, -0.25) is 0 Å². The fourth-order valence-electron chi connectivity index (χ4n) is 3.84. The lowest BCUT2D eigenvalue weighted by molar-refractivity contribution is -0.137. The summed E-state index contributed by atoms with van der Waals surface area (Å²) < 4.78 is 88.6. The Morgan fingerprint density at radius 3 is 2.27 bits per heavy atom. The molecule has 10 nitrogen and oxygen atoms in total. The number of halogens is 3. The molecule has 4 rings (SSSR count). The van der Waals surface area contributed by atoms with E-state index in [1.807, 2.05) is 0 Å². The van der Waals surface area contributed by atoms with Crippen LogP contribution in [0.1, 0.15) is 12.0 Å². The molecule has 0 radical (unpaired) electrons. The average Bonchev–Trinajstić information content (AvgIpc) is 2.84. The number of primary sulfonamides is 1.